The molecule has 1 amide bonds. The number of carbonyl (C=O) groups is 1. The average molecular weight is 306 g/mol. The van der Waals surface area contributed by atoms with Gasteiger partial charge in [0, 0.05) is 20.2 Å². The van der Waals surface area contributed by atoms with E-state index in [-0.39, 0.29) is 12.0 Å². The van der Waals surface area contributed by atoms with Crippen LogP contribution in [-0.2, 0) is 4.74 Å². The minimum absolute atomic E-state index is 0.0813. The molecule has 0 aliphatic carbocycles. The summed E-state index contributed by atoms with van der Waals surface area (Å²) >= 11 is 1.45. The number of thiophene rings is 1. The molecule has 0 saturated carbocycles. The van der Waals surface area contributed by atoms with E-state index in [1.165, 1.54) is 11.3 Å². The monoisotopic (exact) mass is 306 g/mol. The quantitative estimate of drug-likeness (QED) is 0.849. The summed E-state index contributed by atoms with van der Waals surface area (Å²) in [5.41, 5.74) is 6.44. The van der Waals surface area contributed by atoms with Gasteiger partial charge in [0.25, 0.3) is 5.91 Å². The third-order valence-corrected chi connectivity index (χ3v) is 5.05. The minimum Gasteiger partial charge on any atom is -0.379 e. The number of aryl methyl sites for hydroxylation is 1. The van der Waals surface area contributed by atoms with E-state index in [9.17, 15) is 4.79 Å². The molecule has 1 aliphatic rings. The molecule has 1 aromatic heterocycles. The summed E-state index contributed by atoms with van der Waals surface area (Å²) in [6.45, 7) is 5.94. The molecule has 1 saturated heterocycles. The number of hydrogen-bond acceptors (Lipinski definition) is 4. The van der Waals surface area contributed by atoms with Crippen molar-refractivity contribution in [3.05, 3.63) is 21.4 Å². The Morgan fingerprint density at radius 2 is 2.38 bits per heavy atom. The van der Waals surface area contributed by atoms with Crippen molar-refractivity contribution in [1.29, 1.82) is 0 Å². The smallest absolute Gasteiger partial charge is 0.264 e. The summed E-state index contributed by atoms with van der Waals surface area (Å²) in [5.74, 6) is 6.45. The van der Waals surface area contributed by atoms with Gasteiger partial charge in [0.1, 0.15) is 0 Å². The molecule has 1 aliphatic heterocycles. The number of likely N-dealkylation sites (tertiary alicyclic amines) is 1. The molecule has 21 heavy (non-hydrogen) atoms. The number of nitrogens with zero attached hydrogens (tertiary/aromatic N) is 1. The zero-order chi connectivity index (χ0) is 15.4. The summed E-state index contributed by atoms with van der Waals surface area (Å²) in [6.07, 6.45) is 1.11. The number of nitrogens with two attached hydrogens (primary N) is 1. The second-order valence-electron chi connectivity index (χ2n) is 5.42. The van der Waals surface area contributed by atoms with Crippen molar-refractivity contribution in [3.8, 4) is 11.8 Å². The van der Waals surface area contributed by atoms with Crippen LogP contribution in [0.3, 0.4) is 0 Å². The maximum Gasteiger partial charge on any atom is 0.264 e. The summed E-state index contributed by atoms with van der Waals surface area (Å²) in [6, 6.07) is 1.92. The van der Waals surface area contributed by atoms with Crippen LogP contribution in [0.25, 0.3) is 0 Å². The van der Waals surface area contributed by atoms with E-state index in [2.05, 4.69) is 18.8 Å². The summed E-state index contributed by atoms with van der Waals surface area (Å²) in [4.78, 5) is 16.2. The first kappa shape index (κ1) is 16.0. The van der Waals surface area contributed by atoms with Crippen LogP contribution in [0.2, 0.25) is 0 Å². The molecule has 1 aromatic rings. The van der Waals surface area contributed by atoms with Gasteiger partial charge in [-0.05, 0) is 30.9 Å². The molecule has 2 unspecified atom stereocenters. The highest BCUT2D eigenvalue weighted by atomic mass is 32.1. The van der Waals surface area contributed by atoms with E-state index in [4.69, 9.17) is 10.5 Å². The Hall–Kier alpha value is -1.35. The summed E-state index contributed by atoms with van der Waals surface area (Å²) in [5, 5.41) is 0. The van der Waals surface area contributed by atoms with Crippen molar-refractivity contribution in [1.82, 2.24) is 4.90 Å². The maximum atomic E-state index is 12.6. The molecule has 1 fully saturated rings. The lowest BCUT2D eigenvalue weighted by Gasteiger charge is -2.36. The van der Waals surface area contributed by atoms with Crippen LogP contribution in [-0.4, -0.2) is 43.7 Å². The molecule has 0 radical (unpaired) electrons. The SMILES string of the molecule is COC1CN(C(=O)c2cc(C)c(C#CCN)s2)CCC1C. The Balaban J connectivity index is 2.13. The standard InChI is InChI=1S/C16H22N2O2S/c1-11-6-8-18(10-13(11)20-3)16(19)15-9-12(2)14(21-15)5-4-7-17/h9,11,13H,6-8,10,17H2,1-3H3. The topological polar surface area (TPSA) is 55.6 Å². The number of methoxy groups -OCH3 is 1. The molecule has 4 nitrogen and oxygen atoms in total. The number of piperidine rings is 1. The van der Waals surface area contributed by atoms with Gasteiger partial charge in [-0.3, -0.25) is 4.79 Å². The Kier molecular flexibility index (Phi) is 5.40. The van der Waals surface area contributed by atoms with E-state index in [1.54, 1.807) is 7.11 Å². The van der Waals surface area contributed by atoms with Gasteiger partial charge in [-0.1, -0.05) is 18.8 Å². The Morgan fingerprint density at radius 1 is 1.62 bits per heavy atom. The fourth-order valence-electron chi connectivity index (χ4n) is 2.52. The molecule has 2 heterocycles. The molecule has 114 valence electrons. The number of carbonyl (C=O) groups excluding carboxylic acids is 1. The van der Waals surface area contributed by atoms with Crippen molar-refractivity contribution >= 4 is 17.2 Å². The number of rotatable bonds is 2. The summed E-state index contributed by atoms with van der Waals surface area (Å²) in [7, 11) is 1.71. The van der Waals surface area contributed by atoms with Crippen LogP contribution in [0.1, 0.15) is 33.5 Å². The number of hydrogen-bond donors (Lipinski definition) is 1. The number of ether oxygens (including phenoxy) is 1. The van der Waals surface area contributed by atoms with Crippen molar-refractivity contribution in [2.45, 2.75) is 26.4 Å². The van der Waals surface area contributed by atoms with E-state index in [1.807, 2.05) is 17.9 Å². The third kappa shape index (κ3) is 3.65. The van der Waals surface area contributed by atoms with Gasteiger partial charge >= 0.3 is 0 Å². The molecule has 2 atom stereocenters. The highest BCUT2D eigenvalue weighted by molar-refractivity contribution is 7.14. The predicted molar refractivity (Wildman–Crippen MR) is 85.5 cm³/mol. The first-order valence-electron chi connectivity index (χ1n) is 7.18. The van der Waals surface area contributed by atoms with E-state index in [0.717, 1.165) is 28.3 Å². The van der Waals surface area contributed by atoms with Crippen LogP contribution in [0.4, 0.5) is 0 Å². The first-order chi connectivity index (χ1) is 10.1. The van der Waals surface area contributed by atoms with Gasteiger partial charge in [-0.25, -0.2) is 0 Å². The Bertz CT molecular complexity index is 571. The highest BCUT2D eigenvalue weighted by Crippen LogP contribution is 2.25. The highest BCUT2D eigenvalue weighted by Gasteiger charge is 2.30. The second-order valence-corrected chi connectivity index (χ2v) is 6.47. The predicted octanol–water partition coefficient (Wildman–Crippen LogP) is 1.86. The minimum atomic E-state index is 0.0813. The van der Waals surface area contributed by atoms with Crippen molar-refractivity contribution < 1.29 is 9.53 Å². The first-order valence-corrected chi connectivity index (χ1v) is 8.00. The zero-order valence-corrected chi connectivity index (χ0v) is 13.6. The van der Waals surface area contributed by atoms with Gasteiger partial charge in [0.15, 0.2) is 0 Å². The zero-order valence-electron chi connectivity index (χ0n) is 12.8. The fourth-order valence-corrected chi connectivity index (χ4v) is 3.54. The molecule has 0 bridgehead atoms. The lowest BCUT2D eigenvalue weighted by atomic mass is 9.96. The van der Waals surface area contributed by atoms with Crippen molar-refractivity contribution in [2.75, 3.05) is 26.7 Å². The molecule has 0 spiro atoms. The van der Waals surface area contributed by atoms with Crippen LogP contribution in [0.15, 0.2) is 6.07 Å². The van der Waals surface area contributed by atoms with Crippen LogP contribution in [0.5, 0.6) is 0 Å². The lowest BCUT2D eigenvalue weighted by molar-refractivity contribution is -0.00139. The van der Waals surface area contributed by atoms with E-state index < -0.39 is 0 Å². The molecular weight excluding hydrogens is 284 g/mol. The van der Waals surface area contributed by atoms with Gasteiger partial charge < -0.3 is 15.4 Å². The largest absolute Gasteiger partial charge is 0.379 e. The van der Waals surface area contributed by atoms with Gasteiger partial charge in [-0.2, -0.15) is 0 Å². The Labute approximate surface area is 130 Å². The molecule has 5 heteroatoms. The molecule has 2 N–H and O–H groups in total. The van der Waals surface area contributed by atoms with E-state index in [0.29, 0.717) is 19.0 Å². The maximum absolute atomic E-state index is 12.6. The van der Waals surface area contributed by atoms with Gasteiger partial charge in [-0.15, -0.1) is 11.3 Å². The van der Waals surface area contributed by atoms with Gasteiger partial charge in [0.2, 0.25) is 0 Å². The fraction of sp³-hybridized carbons (Fsp3) is 0.562. The van der Waals surface area contributed by atoms with Crippen LogP contribution in [0, 0.1) is 24.7 Å². The van der Waals surface area contributed by atoms with Crippen molar-refractivity contribution in [2.24, 2.45) is 11.7 Å². The molecule has 2 rings (SSSR count). The summed E-state index contributed by atoms with van der Waals surface area (Å²) < 4.78 is 5.48. The van der Waals surface area contributed by atoms with E-state index >= 15 is 0 Å². The molecule has 0 aromatic carbocycles. The lowest BCUT2D eigenvalue weighted by Crippen LogP contribution is -2.46. The number of amides is 1. The average Bonchev–Trinajstić information content (AvgIpc) is 2.86. The van der Waals surface area contributed by atoms with Crippen LogP contribution >= 0.6 is 11.3 Å². The van der Waals surface area contributed by atoms with Crippen LogP contribution < -0.4 is 5.73 Å². The Morgan fingerprint density at radius 3 is 3.05 bits per heavy atom. The second kappa shape index (κ2) is 7.08. The molecular formula is C16H22N2O2S. The normalized spacial score (nSPS) is 21.8. The van der Waals surface area contributed by atoms with Gasteiger partial charge in [0.05, 0.1) is 22.4 Å². The third-order valence-electron chi connectivity index (χ3n) is 3.91. The van der Waals surface area contributed by atoms with Crippen molar-refractivity contribution in [3.63, 3.8) is 0 Å².